The number of aliphatic carboxylic acids is 1. The molecule has 70 heavy (non-hydrogen) atoms. The lowest BCUT2D eigenvalue weighted by Crippen LogP contribution is -2.31. The highest BCUT2D eigenvalue weighted by atomic mass is 32.2. The molecule has 4 aromatic carbocycles. The van der Waals surface area contributed by atoms with Crippen molar-refractivity contribution in [3.8, 4) is 0 Å². The SMILES string of the molecule is CC1(C)C(C=CC=C2N(CCCS(=O)(=O)O)c3ccc4c(S(=O)(=O)O)cc(S(=O)(=O)O)cc4c3C2(C)CCCS(=O)(=O)O)=[N+](CCCCCC(=O)O)c2ccc3c(S(=O)(=O)O)cc(S(=O)(=O)O)cc3c21. The molecule has 6 rings (SSSR count). The molecule has 0 aliphatic carbocycles. The summed E-state index contributed by atoms with van der Waals surface area (Å²) < 4.78 is 211. The van der Waals surface area contributed by atoms with E-state index < -0.39 is 109 Å². The molecule has 0 fully saturated rings. The molecule has 0 bridgehead atoms. The molecule has 0 saturated heterocycles. The van der Waals surface area contributed by atoms with Crippen molar-refractivity contribution < 1.29 is 92.3 Å². The van der Waals surface area contributed by atoms with Gasteiger partial charge in [0, 0.05) is 64.7 Å². The molecule has 0 aromatic heterocycles. The summed E-state index contributed by atoms with van der Waals surface area (Å²) in [4.78, 5) is 9.34. The number of fused-ring (bicyclic) bond motifs is 6. The number of hydrogen-bond acceptors (Lipinski definition) is 14. The minimum Gasteiger partial charge on any atom is -0.481 e. The zero-order valence-corrected chi connectivity index (χ0v) is 42.3. The van der Waals surface area contributed by atoms with Crippen LogP contribution in [0.4, 0.5) is 11.4 Å². The number of carboxylic acids is 1. The van der Waals surface area contributed by atoms with Crippen molar-refractivity contribution in [2.24, 2.45) is 0 Å². The highest BCUT2D eigenvalue weighted by molar-refractivity contribution is 7.87. The molecule has 1 unspecified atom stereocenters. The van der Waals surface area contributed by atoms with Crippen molar-refractivity contribution in [1.82, 2.24) is 0 Å². The summed E-state index contributed by atoms with van der Waals surface area (Å²) in [5.74, 6) is -2.56. The summed E-state index contributed by atoms with van der Waals surface area (Å²) >= 11 is 0. The van der Waals surface area contributed by atoms with Gasteiger partial charge in [0.25, 0.3) is 60.7 Å². The zero-order chi connectivity index (χ0) is 52.4. The molecule has 2 heterocycles. The van der Waals surface area contributed by atoms with Gasteiger partial charge in [-0.25, -0.2) is 0 Å². The normalized spacial score (nSPS) is 18.4. The third-order valence-electron chi connectivity index (χ3n) is 12.4. The Morgan fingerprint density at radius 3 is 1.63 bits per heavy atom. The van der Waals surface area contributed by atoms with E-state index in [4.69, 9.17) is 0 Å². The maximum atomic E-state index is 12.7. The average molecular weight is 1090 g/mol. The van der Waals surface area contributed by atoms with Gasteiger partial charge < -0.3 is 10.0 Å². The summed E-state index contributed by atoms with van der Waals surface area (Å²) in [5, 5.41) is 8.77. The van der Waals surface area contributed by atoms with E-state index in [0.717, 1.165) is 12.1 Å². The van der Waals surface area contributed by atoms with E-state index in [1.807, 2.05) is 4.58 Å². The number of benzene rings is 4. The molecule has 0 radical (unpaired) electrons. The van der Waals surface area contributed by atoms with Gasteiger partial charge in [-0.15, -0.1) is 0 Å². The molecule has 28 heteroatoms. The number of rotatable bonds is 20. The second-order valence-corrected chi connectivity index (χ2v) is 26.4. The van der Waals surface area contributed by atoms with Gasteiger partial charge in [-0.3, -0.25) is 32.1 Å². The lowest BCUT2D eigenvalue weighted by Gasteiger charge is -2.31. The van der Waals surface area contributed by atoms with E-state index in [1.165, 1.54) is 30.4 Å². The van der Waals surface area contributed by atoms with Crippen LogP contribution in [0.25, 0.3) is 21.5 Å². The largest absolute Gasteiger partial charge is 0.481 e. The molecular formula is C42H49N2O20S6+. The van der Waals surface area contributed by atoms with Gasteiger partial charge in [0.1, 0.15) is 16.3 Å². The average Bonchev–Trinajstić information content (AvgIpc) is 3.56. The van der Waals surface area contributed by atoms with E-state index in [9.17, 15) is 87.7 Å². The first-order valence-electron chi connectivity index (χ1n) is 21.0. The fourth-order valence-corrected chi connectivity index (χ4v) is 13.2. The molecule has 22 nitrogen and oxygen atoms in total. The predicted molar refractivity (Wildman–Crippen MR) is 255 cm³/mol. The van der Waals surface area contributed by atoms with Gasteiger partial charge >= 0.3 is 5.97 Å². The Hall–Kier alpha value is -4.72. The summed E-state index contributed by atoms with van der Waals surface area (Å²) in [7, 11) is -29.7. The molecule has 7 N–H and O–H groups in total. The van der Waals surface area contributed by atoms with Gasteiger partial charge in [-0.1, -0.05) is 12.1 Å². The number of unbranched alkanes of at least 4 members (excludes halogenated alkanes) is 2. The van der Waals surface area contributed by atoms with Crippen LogP contribution in [-0.2, 0) is 76.3 Å². The van der Waals surface area contributed by atoms with Crippen LogP contribution in [0.3, 0.4) is 0 Å². The number of nitrogens with zero attached hydrogens (tertiary/aromatic N) is 2. The first kappa shape index (κ1) is 54.6. The van der Waals surface area contributed by atoms with Crippen molar-refractivity contribution in [3.63, 3.8) is 0 Å². The Labute approximate surface area is 404 Å². The Morgan fingerprint density at radius 2 is 1.13 bits per heavy atom. The first-order chi connectivity index (χ1) is 32.0. The third-order valence-corrected chi connectivity index (χ3v) is 17.5. The van der Waals surface area contributed by atoms with Crippen molar-refractivity contribution >= 4 is 105 Å². The van der Waals surface area contributed by atoms with Crippen LogP contribution in [-0.4, -0.2) is 124 Å². The molecule has 0 amide bonds. The minimum atomic E-state index is -5.21. The lowest BCUT2D eigenvalue weighted by molar-refractivity contribution is -0.438. The Balaban J connectivity index is 1.64. The molecule has 0 spiro atoms. The summed E-state index contributed by atoms with van der Waals surface area (Å²) in [5.41, 5.74) is -0.885. The maximum absolute atomic E-state index is 12.7. The van der Waals surface area contributed by atoms with Gasteiger partial charge in [-0.2, -0.15) is 55.1 Å². The highest BCUT2D eigenvalue weighted by Crippen LogP contribution is 2.54. The molecular weight excluding hydrogens is 1040 g/mol. The number of hydrogen-bond donors (Lipinski definition) is 7. The topological polar surface area (TPSA) is 370 Å². The molecule has 382 valence electrons. The van der Waals surface area contributed by atoms with E-state index >= 15 is 0 Å². The van der Waals surface area contributed by atoms with E-state index in [-0.39, 0.29) is 77.3 Å². The van der Waals surface area contributed by atoms with Crippen LogP contribution < -0.4 is 4.90 Å². The van der Waals surface area contributed by atoms with Crippen molar-refractivity contribution in [2.45, 2.75) is 96.1 Å². The van der Waals surface area contributed by atoms with Crippen LogP contribution in [0.2, 0.25) is 0 Å². The number of carboxylic acid groups (broad SMARTS) is 1. The number of anilines is 1. The van der Waals surface area contributed by atoms with Crippen LogP contribution in [0, 0.1) is 0 Å². The quantitative estimate of drug-likeness (QED) is 0.0341. The van der Waals surface area contributed by atoms with E-state index in [0.29, 0.717) is 48.4 Å². The second-order valence-electron chi connectivity index (χ2n) is 17.6. The minimum absolute atomic E-state index is 0.0194. The van der Waals surface area contributed by atoms with Crippen molar-refractivity contribution in [3.05, 3.63) is 83.6 Å². The van der Waals surface area contributed by atoms with Gasteiger partial charge in [0.2, 0.25) is 5.69 Å². The highest BCUT2D eigenvalue weighted by Gasteiger charge is 2.48. The van der Waals surface area contributed by atoms with Crippen LogP contribution >= 0.6 is 0 Å². The standard InChI is InChI=1S/C42H48N2O20S6/c1-41(2)36(43(18-6-4-5-12-38(45)46)32-15-13-28-30(39(32)41)22-26(67(53,54)55)24-34(28)69(59,60)61)10-7-11-37-42(3,17-8-20-65(47,48)49)40-31-23-27(68(56,57)58)25-35(70(62,63)64)29(31)14-16-33(40)44(37)19-9-21-66(50,51)52/h7,10-11,13-16,22-25H,4-6,8-9,12,17-21H2,1-3H3,(H6-,45,46,47,48,49,50,51,52,53,54,55,56,57,58,59,60,61,62,63,64)/p+1. The number of allylic oxidation sites excluding steroid dienone is 4. The Bertz CT molecular complexity index is 3660. The molecule has 0 saturated carbocycles. The van der Waals surface area contributed by atoms with Crippen LogP contribution in [0.5, 0.6) is 0 Å². The molecule has 4 aromatic rings. The fraction of sp³-hybridized carbons (Fsp3) is 0.381. The second kappa shape index (κ2) is 19.0. The zero-order valence-electron chi connectivity index (χ0n) is 37.4. The Kier molecular flexibility index (Phi) is 14.9. The van der Waals surface area contributed by atoms with Gasteiger partial charge in [0.15, 0.2) is 5.71 Å². The van der Waals surface area contributed by atoms with E-state index in [1.54, 1.807) is 37.8 Å². The third kappa shape index (κ3) is 11.5. The van der Waals surface area contributed by atoms with Crippen molar-refractivity contribution in [2.75, 3.05) is 29.5 Å². The predicted octanol–water partition coefficient (Wildman–Crippen LogP) is 5.16. The first-order valence-corrected chi connectivity index (χ1v) is 30.0. The fourth-order valence-electron chi connectivity index (χ4n) is 9.56. The van der Waals surface area contributed by atoms with Crippen LogP contribution in [0.1, 0.15) is 76.8 Å². The number of carbonyl (C=O) groups is 1. The van der Waals surface area contributed by atoms with Crippen LogP contribution in [0.15, 0.2) is 92.0 Å². The molecule has 2 aliphatic rings. The summed E-state index contributed by atoms with van der Waals surface area (Å²) in [6.07, 6.45) is 4.96. The summed E-state index contributed by atoms with van der Waals surface area (Å²) in [6, 6.07) is 8.67. The van der Waals surface area contributed by atoms with Gasteiger partial charge in [0.05, 0.1) is 26.7 Å². The molecule has 2 aliphatic heterocycles. The van der Waals surface area contributed by atoms with E-state index in [2.05, 4.69) is 0 Å². The maximum Gasteiger partial charge on any atom is 0.303 e. The Morgan fingerprint density at radius 1 is 0.614 bits per heavy atom. The summed E-state index contributed by atoms with van der Waals surface area (Å²) in [6.45, 7) is 5.01. The smallest absolute Gasteiger partial charge is 0.303 e. The lowest BCUT2D eigenvalue weighted by atomic mass is 9.75. The van der Waals surface area contributed by atoms with Gasteiger partial charge in [-0.05, 0) is 112 Å². The monoisotopic (exact) mass is 1090 g/mol. The molecule has 1 atom stereocenters. The van der Waals surface area contributed by atoms with Crippen molar-refractivity contribution in [1.29, 1.82) is 0 Å².